The summed E-state index contributed by atoms with van der Waals surface area (Å²) in [4.78, 5) is 24.1. The minimum Gasteiger partial charge on any atom is -0.496 e. The van der Waals surface area contributed by atoms with Crippen LogP contribution in [0.4, 0.5) is 5.69 Å². The van der Waals surface area contributed by atoms with Gasteiger partial charge in [0.25, 0.3) is 5.91 Å². The van der Waals surface area contributed by atoms with Gasteiger partial charge in [0.2, 0.25) is 10.0 Å². The largest absolute Gasteiger partial charge is 0.496 e. The molecule has 3 rings (SSSR count). The van der Waals surface area contributed by atoms with Crippen LogP contribution in [-0.4, -0.2) is 44.1 Å². The fourth-order valence-electron chi connectivity index (χ4n) is 3.20. The number of rotatable bonds is 5. The summed E-state index contributed by atoms with van der Waals surface area (Å²) in [6, 6.07) is 10.8. The van der Waals surface area contributed by atoms with E-state index in [1.807, 2.05) is 0 Å². The SMILES string of the molecule is COc1ccc(C(=O)Nc2ccc(S(=O)(=O)N3CCC(=O)C[C@@H]3C)cc2)cc1I. The highest BCUT2D eigenvalue weighted by Crippen LogP contribution is 2.25. The molecule has 154 valence electrons. The number of carbonyl (C=O) groups excluding carboxylic acids is 2. The van der Waals surface area contributed by atoms with E-state index in [2.05, 4.69) is 27.9 Å². The smallest absolute Gasteiger partial charge is 0.255 e. The lowest BCUT2D eigenvalue weighted by Crippen LogP contribution is -2.44. The van der Waals surface area contributed by atoms with Crippen LogP contribution < -0.4 is 10.1 Å². The Morgan fingerprint density at radius 2 is 1.90 bits per heavy atom. The molecule has 1 amide bonds. The number of anilines is 1. The number of amides is 1. The molecule has 1 N–H and O–H groups in total. The van der Waals surface area contributed by atoms with Crippen molar-refractivity contribution in [3.63, 3.8) is 0 Å². The Morgan fingerprint density at radius 1 is 1.21 bits per heavy atom. The van der Waals surface area contributed by atoms with Crippen molar-refractivity contribution < 1.29 is 22.7 Å². The summed E-state index contributed by atoms with van der Waals surface area (Å²) >= 11 is 2.09. The maximum atomic E-state index is 12.9. The number of benzene rings is 2. The van der Waals surface area contributed by atoms with E-state index >= 15 is 0 Å². The van der Waals surface area contributed by atoms with Crippen molar-refractivity contribution in [3.8, 4) is 5.75 Å². The van der Waals surface area contributed by atoms with Crippen molar-refractivity contribution in [2.45, 2.75) is 30.7 Å². The standard InChI is InChI=1S/C20H21IN2O5S/c1-13-11-16(24)9-10-23(13)29(26,27)17-6-4-15(5-7-17)22-20(25)14-3-8-19(28-2)18(21)12-14/h3-8,12-13H,9-11H2,1-2H3,(H,22,25)/t13-/m0/s1. The minimum absolute atomic E-state index is 0.0789. The van der Waals surface area contributed by atoms with E-state index in [0.29, 0.717) is 17.0 Å². The van der Waals surface area contributed by atoms with E-state index < -0.39 is 10.0 Å². The second-order valence-corrected chi connectivity index (χ2v) is 9.84. The lowest BCUT2D eigenvalue weighted by atomic mass is 10.1. The third-order valence-electron chi connectivity index (χ3n) is 4.76. The number of halogens is 1. The average molecular weight is 528 g/mol. The number of piperidine rings is 1. The van der Waals surface area contributed by atoms with Crippen LogP contribution in [0.15, 0.2) is 47.4 Å². The van der Waals surface area contributed by atoms with Crippen LogP contribution in [0.2, 0.25) is 0 Å². The number of hydrogen-bond acceptors (Lipinski definition) is 5. The van der Waals surface area contributed by atoms with Crippen LogP contribution in [0.25, 0.3) is 0 Å². The Morgan fingerprint density at radius 3 is 2.48 bits per heavy atom. The highest BCUT2D eigenvalue weighted by atomic mass is 127. The molecular formula is C20H21IN2O5S. The molecule has 9 heteroatoms. The minimum atomic E-state index is -3.69. The molecular weight excluding hydrogens is 507 g/mol. The van der Waals surface area contributed by atoms with Gasteiger partial charge in [-0.15, -0.1) is 0 Å². The van der Waals surface area contributed by atoms with E-state index in [0.717, 1.165) is 3.57 Å². The fraction of sp³-hybridized carbons (Fsp3) is 0.300. The van der Waals surface area contributed by atoms with Crippen molar-refractivity contribution in [2.75, 3.05) is 19.0 Å². The summed E-state index contributed by atoms with van der Waals surface area (Å²) < 4.78 is 33.1. The Bertz CT molecular complexity index is 1040. The molecule has 29 heavy (non-hydrogen) atoms. The van der Waals surface area contributed by atoms with Gasteiger partial charge in [-0.1, -0.05) is 0 Å². The second-order valence-electron chi connectivity index (χ2n) is 6.79. The zero-order chi connectivity index (χ0) is 21.2. The van der Waals surface area contributed by atoms with Crippen LogP contribution in [0.5, 0.6) is 5.75 Å². The van der Waals surface area contributed by atoms with Crippen molar-refractivity contribution in [2.24, 2.45) is 0 Å². The molecule has 2 aromatic rings. The average Bonchev–Trinajstić information content (AvgIpc) is 2.68. The highest BCUT2D eigenvalue weighted by molar-refractivity contribution is 14.1. The number of methoxy groups -OCH3 is 1. The number of sulfonamides is 1. The van der Waals surface area contributed by atoms with Gasteiger partial charge in [-0.3, -0.25) is 9.59 Å². The summed E-state index contributed by atoms with van der Waals surface area (Å²) in [7, 11) is -2.13. The second kappa shape index (κ2) is 8.80. The van der Waals surface area contributed by atoms with Gasteiger partial charge < -0.3 is 10.1 Å². The zero-order valence-electron chi connectivity index (χ0n) is 16.0. The third kappa shape index (κ3) is 4.78. The van der Waals surface area contributed by atoms with Crippen LogP contribution in [0.3, 0.4) is 0 Å². The molecule has 0 aliphatic carbocycles. The monoisotopic (exact) mass is 528 g/mol. The molecule has 1 fully saturated rings. The molecule has 0 unspecified atom stereocenters. The van der Waals surface area contributed by atoms with Gasteiger partial charge in [0, 0.05) is 36.7 Å². The van der Waals surface area contributed by atoms with E-state index in [1.54, 1.807) is 44.4 Å². The first kappa shape index (κ1) is 21.7. The van der Waals surface area contributed by atoms with Gasteiger partial charge in [-0.2, -0.15) is 4.31 Å². The molecule has 1 aliphatic heterocycles. The van der Waals surface area contributed by atoms with Crippen LogP contribution in [0, 0.1) is 3.57 Å². The fourth-order valence-corrected chi connectivity index (χ4v) is 5.57. The van der Waals surface area contributed by atoms with Gasteiger partial charge in [0.15, 0.2) is 0 Å². The van der Waals surface area contributed by atoms with Crippen LogP contribution in [0.1, 0.15) is 30.1 Å². The maximum absolute atomic E-state index is 12.9. The lowest BCUT2D eigenvalue weighted by molar-refractivity contribution is -0.121. The van der Waals surface area contributed by atoms with E-state index in [-0.39, 0.29) is 42.0 Å². The number of ketones is 1. The van der Waals surface area contributed by atoms with Crippen molar-refractivity contribution in [3.05, 3.63) is 51.6 Å². The first-order chi connectivity index (χ1) is 13.7. The summed E-state index contributed by atoms with van der Waals surface area (Å²) in [6.45, 7) is 1.93. The Labute approximate surface area is 183 Å². The summed E-state index contributed by atoms with van der Waals surface area (Å²) in [5.74, 6) is 0.463. The molecule has 0 radical (unpaired) electrons. The molecule has 2 aromatic carbocycles. The van der Waals surface area contributed by atoms with Gasteiger partial charge in [0.1, 0.15) is 11.5 Å². The Hall–Kier alpha value is -1.98. The van der Waals surface area contributed by atoms with E-state index in [4.69, 9.17) is 4.74 Å². The molecule has 0 saturated carbocycles. The molecule has 1 heterocycles. The topological polar surface area (TPSA) is 92.8 Å². The number of ether oxygens (including phenoxy) is 1. The van der Waals surface area contributed by atoms with Gasteiger partial charge in [-0.05, 0) is 72.0 Å². The Kier molecular flexibility index (Phi) is 6.59. The molecule has 7 nitrogen and oxygen atoms in total. The zero-order valence-corrected chi connectivity index (χ0v) is 19.0. The number of carbonyl (C=O) groups is 2. The first-order valence-electron chi connectivity index (χ1n) is 9.01. The van der Waals surface area contributed by atoms with Crippen LogP contribution in [-0.2, 0) is 14.8 Å². The molecule has 1 atom stereocenters. The number of Topliss-reactive ketones (excluding diaryl/α,β-unsaturated/α-hetero) is 1. The third-order valence-corrected chi connectivity index (χ3v) is 7.63. The molecule has 1 aliphatic rings. The molecule has 0 spiro atoms. The normalized spacial score (nSPS) is 17.8. The van der Waals surface area contributed by atoms with Crippen LogP contribution >= 0.6 is 22.6 Å². The summed E-state index contributed by atoms with van der Waals surface area (Å²) in [6.07, 6.45) is 0.465. The van der Waals surface area contributed by atoms with Gasteiger partial charge >= 0.3 is 0 Å². The molecule has 0 aromatic heterocycles. The van der Waals surface area contributed by atoms with E-state index in [1.165, 1.54) is 16.4 Å². The predicted molar refractivity (Wildman–Crippen MR) is 118 cm³/mol. The number of nitrogens with zero attached hydrogens (tertiary/aromatic N) is 1. The maximum Gasteiger partial charge on any atom is 0.255 e. The number of hydrogen-bond donors (Lipinski definition) is 1. The predicted octanol–water partition coefficient (Wildman–Crippen LogP) is 3.29. The summed E-state index contributed by atoms with van der Waals surface area (Å²) in [5, 5.41) is 2.76. The van der Waals surface area contributed by atoms with Crippen molar-refractivity contribution in [1.29, 1.82) is 0 Å². The number of nitrogens with one attached hydrogen (secondary N) is 1. The lowest BCUT2D eigenvalue weighted by Gasteiger charge is -2.31. The van der Waals surface area contributed by atoms with E-state index in [9.17, 15) is 18.0 Å². The van der Waals surface area contributed by atoms with Gasteiger partial charge in [-0.25, -0.2) is 8.42 Å². The van der Waals surface area contributed by atoms with Crippen molar-refractivity contribution >= 4 is 50.0 Å². The molecule has 0 bridgehead atoms. The Balaban J connectivity index is 1.73. The molecule has 1 saturated heterocycles. The first-order valence-corrected chi connectivity index (χ1v) is 11.5. The highest BCUT2D eigenvalue weighted by Gasteiger charge is 2.33. The van der Waals surface area contributed by atoms with Crippen molar-refractivity contribution in [1.82, 2.24) is 4.31 Å². The quantitative estimate of drug-likeness (QED) is 0.602. The van der Waals surface area contributed by atoms with Gasteiger partial charge in [0.05, 0.1) is 15.6 Å². The summed E-state index contributed by atoms with van der Waals surface area (Å²) in [5.41, 5.74) is 0.959.